The summed E-state index contributed by atoms with van der Waals surface area (Å²) in [5.41, 5.74) is 6.99. The first-order valence-electron chi connectivity index (χ1n) is 9.43. The number of nitrogens with one attached hydrogen (secondary N) is 3. The van der Waals surface area contributed by atoms with Gasteiger partial charge in [-0.1, -0.05) is 17.2 Å². The van der Waals surface area contributed by atoms with Crippen molar-refractivity contribution >= 4 is 28.7 Å². The molecule has 4 N–H and O–H groups in total. The predicted octanol–water partition coefficient (Wildman–Crippen LogP) is 4.36. The minimum Gasteiger partial charge on any atom is -0.465 e. The van der Waals surface area contributed by atoms with Crippen molar-refractivity contribution in [1.29, 1.82) is 0 Å². The van der Waals surface area contributed by atoms with Gasteiger partial charge in [0.05, 0.1) is 0 Å². The van der Waals surface area contributed by atoms with E-state index >= 15 is 0 Å². The first-order chi connectivity index (χ1) is 13.7. The summed E-state index contributed by atoms with van der Waals surface area (Å²) in [5, 5.41) is 15.2. The number of urea groups is 1. The topological polar surface area (TPSA) is 97.5 Å². The number of hydrogen-bond donors (Lipinski definition) is 4. The third-order valence-corrected chi connectivity index (χ3v) is 4.73. The number of benzene rings is 2. The number of carbonyl (C=O) groups excluding carboxylic acids is 1. The lowest BCUT2D eigenvalue weighted by atomic mass is 9.99. The van der Waals surface area contributed by atoms with Crippen molar-refractivity contribution in [2.75, 3.05) is 26.0 Å². The molecule has 7 heteroatoms. The number of carbonyl (C=O) groups is 2. The van der Waals surface area contributed by atoms with E-state index in [0.29, 0.717) is 18.7 Å². The highest BCUT2D eigenvalue weighted by Crippen LogP contribution is 2.33. The third-order valence-electron chi connectivity index (χ3n) is 4.73. The van der Waals surface area contributed by atoms with Crippen molar-refractivity contribution in [2.24, 2.45) is 0 Å². The summed E-state index contributed by atoms with van der Waals surface area (Å²) in [6.45, 7) is 4.41. The highest BCUT2D eigenvalue weighted by molar-refractivity contribution is 5.96. The van der Waals surface area contributed by atoms with E-state index in [4.69, 9.17) is 5.11 Å². The van der Waals surface area contributed by atoms with Gasteiger partial charge in [-0.2, -0.15) is 0 Å². The number of hydrogen-bond acceptors (Lipinski definition) is 2. The molecular formula is C22H26N4O3. The summed E-state index contributed by atoms with van der Waals surface area (Å²) >= 11 is 0. The van der Waals surface area contributed by atoms with E-state index in [9.17, 15) is 9.59 Å². The van der Waals surface area contributed by atoms with E-state index in [2.05, 4.69) is 47.7 Å². The monoisotopic (exact) mass is 394 g/mol. The number of aromatic amines is 1. The number of H-pyrrole nitrogens is 1. The fraction of sp³-hybridized carbons (Fsp3) is 0.273. The van der Waals surface area contributed by atoms with Crippen molar-refractivity contribution in [2.45, 2.75) is 20.3 Å². The summed E-state index contributed by atoms with van der Waals surface area (Å²) in [4.78, 5) is 27.9. The first kappa shape index (κ1) is 20.3. The van der Waals surface area contributed by atoms with Crippen LogP contribution in [-0.2, 0) is 6.42 Å². The standard InChI is InChI=1S/C22H26N4O3/c1-13-9-14(2)11-15(10-13)20-17(7-8-23-22(28)29)18-12-16(5-6-19(18)25-20)24-21(27)26(3)4/h5-6,9-12,23,25H,7-8H2,1-4H3,(H,24,27)(H,28,29). The molecule has 0 aliphatic heterocycles. The van der Waals surface area contributed by atoms with Crippen molar-refractivity contribution in [3.8, 4) is 11.3 Å². The van der Waals surface area contributed by atoms with Gasteiger partial charge in [0.25, 0.3) is 0 Å². The number of anilines is 1. The molecule has 1 aromatic heterocycles. The van der Waals surface area contributed by atoms with E-state index in [1.807, 2.05) is 18.2 Å². The van der Waals surface area contributed by atoms with Crippen LogP contribution < -0.4 is 10.6 Å². The molecule has 0 spiro atoms. The van der Waals surface area contributed by atoms with Gasteiger partial charge in [-0.05, 0) is 61.7 Å². The highest BCUT2D eigenvalue weighted by Gasteiger charge is 2.15. The molecule has 0 fully saturated rings. The van der Waals surface area contributed by atoms with E-state index in [1.165, 1.54) is 4.90 Å². The van der Waals surface area contributed by atoms with Crippen LogP contribution in [0.15, 0.2) is 36.4 Å². The van der Waals surface area contributed by atoms with Crippen LogP contribution in [0, 0.1) is 13.8 Å². The molecule has 1 heterocycles. The number of aromatic nitrogens is 1. The van der Waals surface area contributed by atoms with E-state index in [1.54, 1.807) is 14.1 Å². The minimum absolute atomic E-state index is 0.205. The van der Waals surface area contributed by atoms with Gasteiger partial charge in [0.15, 0.2) is 0 Å². The fourth-order valence-corrected chi connectivity index (χ4v) is 3.48. The fourth-order valence-electron chi connectivity index (χ4n) is 3.48. The smallest absolute Gasteiger partial charge is 0.404 e. The SMILES string of the molecule is Cc1cc(C)cc(-c2[nH]c3ccc(NC(=O)N(C)C)cc3c2CCNC(=O)O)c1. The summed E-state index contributed by atoms with van der Waals surface area (Å²) in [7, 11) is 3.37. The van der Waals surface area contributed by atoms with Crippen molar-refractivity contribution < 1.29 is 14.7 Å². The Morgan fingerprint density at radius 3 is 2.38 bits per heavy atom. The highest BCUT2D eigenvalue weighted by atomic mass is 16.4. The van der Waals surface area contributed by atoms with Crippen molar-refractivity contribution in [3.63, 3.8) is 0 Å². The van der Waals surface area contributed by atoms with Gasteiger partial charge in [0.1, 0.15) is 0 Å². The van der Waals surface area contributed by atoms with Crippen molar-refractivity contribution in [1.82, 2.24) is 15.2 Å². The molecule has 0 radical (unpaired) electrons. The second-order valence-corrected chi connectivity index (χ2v) is 7.42. The predicted molar refractivity (Wildman–Crippen MR) is 116 cm³/mol. The molecule has 0 atom stereocenters. The van der Waals surface area contributed by atoms with E-state index in [0.717, 1.165) is 38.9 Å². The van der Waals surface area contributed by atoms with Crippen LogP contribution in [0.1, 0.15) is 16.7 Å². The second-order valence-electron chi connectivity index (χ2n) is 7.42. The summed E-state index contributed by atoms with van der Waals surface area (Å²) in [6.07, 6.45) is -0.517. The Balaban J connectivity index is 2.08. The average molecular weight is 394 g/mol. The first-order valence-corrected chi connectivity index (χ1v) is 9.43. The molecule has 0 bridgehead atoms. The lowest BCUT2D eigenvalue weighted by Crippen LogP contribution is -2.27. The number of amides is 3. The van der Waals surface area contributed by atoms with Crippen LogP contribution in [0.2, 0.25) is 0 Å². The van der Waals surface area contributed by atoms with Crippen LogP contribution in [0.4, 0.5) is 15.3 Å². The summed E-state index contributed by atoms with van der Waals surface area (Å²) in [6, 6.07) is 11.8. The zero-order chi connectivity index (χ0) is 21.1. The average Bonchev–Trinajstić information content (AvgIpc) is 2.98. The molecule has 152 valence electrons. The van der Waals surface area contributed by atoms with Gasteiger partial charge in [-0.3, -0.25) is 0 Å². The van der Waals surface area contributed by atoms with Gasteiger partial charge in [-0.25, -0.2) is 9.59 Å². The van der Waals surface area contributed by atoms with Crippen LogP contribution in [0.5, 0.6) is 0 Å². The van der Waals surface area contributed by atoms with Gasteiger partial charge in [0, 0.05) is 42.9 Å². The molecule has 29 heavy (non-hydrogen) atoms. The quantitative estimate of drug-likeness (QED) is 0.518. The third kappa shape index (κ3) is 4.68. The lowest BCUT2D eigenvalue weighted by molar-refractivity contribution is 0.194. The zero-order valence-corrected chi connectivity index (χ0v) is 17.1. The summed E-state index contributed by atoms with van der Waals surface area (Å²) < 4.78 is 0. The lowest BCUT2D eigenvalue weighted by Gasteiger charge is -2.12. The molecule has 2 aromatic carbocycles. The Morgan fingerprint density at radius 1 is 1.07 bits per heavy atom. The maximum Gasteiger partial charge on any atom is 0.404 e. The maximum atomic E-state index is 12.0. The Bertz CT molecular complexity index is 1050. The number of nitrogens with zero attached hydrogens (tertiary/aromatic N) is 1. The molecule has 3 aromatic rings. The molecule has 0 unspecified atom stereocenters. The molecular weight excluding hydrogens is 368 g/mol. The van der Waals surface area contributed by atoms with Gasteiger partial charge in [0.2, 0.25) is 0 Å². The number of fused-ring (bicyclic) bond motifs is 1. The zero-order valence-electron chi connectivity index (χ0n) is 17.1. The van der Waals surface area contributed by atoms with Crippen LogP contribution in [-0.4, -0.2) is 47.8 Å². The molecule has 0 saturated carbocycles. The van der Waals surface area contributed by atoms with Crippen LogP contribution in [0.25, 0.3) is 22.2 Å². The van der Waals surface area contributed by atoms with E-state index < -0.39 is 6.09 Å². The Kier molecular flexibility index (Phi) is 5.77. The molecule has 7 nitrogen and oxygen atoms in total. The molecule has 3 amide bonds. The molecule has 0 aliphatic rings. The molecule has 0 saturated heterocycles. The molecule has 3 rings (SSSR count). The number of aryl methyl sites for hydroxylation is 2. The van der Waals surface area contributed by atoms with Crippen LogP contribution in [0.3, 0.4) is 0 Å². The van der Waals surface area contributed by atoms with Crippen LogP contribution >= 0.6 is 0 Å². The van der Waals surface area contributed by atoms with Gasteiger partial charge < -0.3 is 25.6 Å². The normalized spacial score (nSPS) is 10.8. The number of rotatable bonds is 5. The second kappa shape index (κ2) is 8.26. The van der Waals surface area contributed by atoms with Gasteiger partial charge in [-0.15, -0.1) is 0 Å². The van der Waals surface area contributed by atoms with Crippen molar-refractivity contribution in [3.05, 3.63) is 53.1 Å². The summed E-state index contributed by atoms with van der Waals surface area (Å²) in [5.74, 6) is 0. The molecule has 0 aliphatic carbocycles. The Labute approximate surface area is 169 Å². The van der Waals surface area contributed by atoms with Gasteiger partial charge >= 0.3 is 12.1 Å². The number of carboxylic acid groups (broad SMARTS) is 1. The largest absolute Gasteiger partial charge is 0.465 e. The minimum atomic E-state index is -1.04. The maximum absolute atomic E-state index is 12.0. The Hall–Kier alpha value is -3.48. The Morgan fingerprint density at radius 2 is 1.76 bits per heavy atom. The van der Waals surface area contributed by atoms with E-state index in [-0.39, 0.29) is 6.03 Å².